The molecular formula is C16H27NO2. The van der Waals surface area contributed by atoms with Crippen LogP contribution in [0, 0.1) is 0 Å². The van der Waals surface area contributed by atoms with E-state index in [0.717, 1.165) is 17.7 Å². The summed E-state index contributed by atoms with van der Waals surface area (Å²) < 4.78 is 5.44. The van der Waals surface area contributed by atoms with Crippen LogP contribution in [0.1, 0.15) is 48.0 Å². The number of allylic oxidation sites excluding steroid dienone is 2. The van der Waals surface area contributed by atoms with Crippen LogP contribution in [-0.4, -0.2) is 18.1 Å². The van der Waals surface area contributed by atoms with Gasteiger partial charge in [-0.15, -0.1) is 6.58 Å². The van der Waals surface area contributed by atoms with Gasteiger partial charge in [0.05, 0.1) is 5.57 Å². The summed E-state index contributed by atoms with van der Waals surface area (Å²) in [6.07, 6.45) is 4.43. The van der Waals surface area contributed by atoms with Crippen molar-refractivity contribution in [3.63, 3.8) is 0 Å². The summed E-state index contributed by atoms with van der Waals surface area (Å²) in [7, 11) is 0. The van der Waals surface area contributed by atoms with Gasteiger partial charge >= 0.3 is 5.97 Å². The van der Waals surface area contributed by atoms with E-state index in [4.69, 9.17) is 4.74 Å². The van der Waals surface area contributed by atoms with Gasteiger partial charge in [0.25, 0.3) is 0 Å². The fourth-order valence-corrected chi connectivity index (χ4v) is 1.52. The van der Waals surface area contributed by atoms with Gasteiger partial charge < -0.3 is 10.1 Å². The summed E-state index contributed by atoms with van der Waals surface area (Å²) in [5.41, 5.74) is 2.06. The van der Waals surface area contributed by atoms with Crippen LogP contribution in [0.3, 0.4) is 0 Å². The Morgan fingerprint density at radius 3 is 2.32 bits per heavy atom. The van der Waals surface area contributed by atoms with Crippen LogP contribution in [-0.2, 0) is 9.53 Å². The zero-order valence-corrected chi connectivity index (χ0v) is 13.1. The molecule has 19 heavy (non-hydrogen) atoms. The van der Waals surface area contributed by atoms with Crippen LogP contribution in [0.4, 0.5) is 0 Å². The molecule has 0 aromatic carbocycles. The second-order valence-electron chi connectivity index (χ2n) is 5.38. The van der Waals surface area contributed by atoms with Crippen molar-refractivity contribution in [3.05, 3.63) is 35.6 Å². The highest BCUT2D eigenvalue weighted by Crippen LogP contribution is 2.19. The molecule has 0 fully saturated rings. The molecule has 0 aromatic rings. The minimum Gasteiger partial charge on any atom is -0.456 e. The molecule has 0 atom stereocenters. The quantitative estimate of drug-likeness (QED) is 0.344. The summed E-state index contributed by atoms with van der Waals surface area (Å²) in [5.74, 6) is -0.297. The minimum atomic E-state index is -0.491. The average molecular weight is 265 g/mol. The van der Waals surface area contributed by atoms with Crippen molar-refractivity contribution in [1.82, 2.24) is 5.32 Å². The lowest BCUT2D eigenvalue weighted by molar-refractivity contribution is -0.149. The normalized spacial score (nSPS) is 13.7. The number of rotatable bonds is 6. The lowest BCUT2D eigenvalue weighted by Gasteiger charge is -2.22. The van der Waals surface area contributed by atoms with Crippen LogP contribution in [0.15, 0.2) is 35.6 Å². The Kier molecular flexibility index (Phi) is 7.20. The lowest BCUT2D eigenvalue weighted by atomic mass is 10.0. The maximum Gasteiger partial charge on any atom is 0.340 e. The summed E-state index contributed by atoms with van der Waals surface area (Å²) in [6, 6.07) is 0. The molecule has 0 rings (SSSR count). The van der Waals surface area contributed by atoms with Crippen molar-refractivity contribution in [1.29, 1.82) is 0 Å². The Morgan fingerprint density at radius 2 is 1.95 bits per heavy atom. The first kappa shape index (κ1) is 17.5. The number of hydrogen-bond donors (Lipinski definition) is 1. The van der Waals surface area contributed by atoms with E-state index in [1.165, 1.54) is 0 Å². The number of nitrogens with one attached hydrogen (secondary N) is 1. The van der Waals surface area contributed by atoms with Crippen molar-refractivity contribution in [2.45, 2.75) is 53.6 Å². The molecule has 0 aliphatic rings. The molecule has 0 heterocycles. The Morgan fingerprint density at radius 1 is 1.37 bits per heavy atom. The van der Waals surface area contributed by atoms with Crippen molar-refractivity contribution in [2.24, 2.45) is 0 Å². The smallest absolute Gasteiger partial charge is 0.340 e. The van der Waals surface area contributed by atoms with E-state index in [9.17, 15) is 4.79 Å². The van der Waals surface area contributed by atoms with Gasteiger partial charge in [-0.25, -0.2) is 4.79 Å². The van der Waals surface area contributed by atoms with Crippen LogP contribution in [0.2, 0.25) is 0 Å². The van der Waals surface area contributed by atoms with Crippen molar-refractivity contribution in [2.75, 3.05) is 6.54 Å². The molecule has 0 saturated carbocycles. The Labute approximate surface area is 117 Å². The molecule has 1 N–H and O–H groups in total. The zero-order chi connectivity index (χ0) is 15.1. The first-order valence-electron chi connectivity index (χ1n) is 6.71. The van der Waals surface area contributed by atoms with Crippen molar-refractivity contribution in [3.8, 4) is 0 Å². The maximum absolute atomic E-state index is 12.2. The Hall–Kier alpha value is -1.51. The third kappa shape index (κ3) is 6.27. The predicted molar refractivity (Wildman–Crippen MR) is 80.8 cm³/mol. The third-order valence-electron chi connectivity index (χ3n) is 2.56. The Bertz CT molecular complexity index is 384. The van der Waals surface area contributed by atoms with Crippen LogP contribution in [0.25, 0.3) is 0 Å². The number of esters is 1. The summed E-state index contributed by atoms with van der Waals surface area (Å²) >= 11 is 0. The molecule has 0 radical (unpaired) electrons. The van der Waals surface area contributed by atoms with E-state index in [1.807, 2.05) is 34.6 Å². The average Bonchev–Trinajstić information content (AvgIpc) is 2.31. The summed E-state index contributed by atoms with van der Waals surface area (Å²) in [4.78, 5) is 12.2. The lowest BCUT2D eigenvalue weighted by Crippen LogP contribution is -2.28. The molecule has 108 valence electrons. The zero-order valence-electron chi connectivity index (χ0n) is 13.1. The largest absolute Gasteiger partial charge is 0.456 e. The highest BCUT2D eigenvalue weighted by molar-refractivity contribution is 5.93. The molecule has 0 aliphatic carbocycles. The highest BCUT2D eigenvalue weighted by Gasteiger charge is 2.22. The molecule has 0 aliphatic heterocycles. The number of ether oxygens (including phenoxy) is 1. The van der Waals surface area contributed by atoms with Gasteiger partial charge in [0, 0.05) is 12.2 Å². The van der Waals surface area contributed by atoms with Crippen LogP contribution in [0.5, 0.6) is 0 Å². The molecule has 0 spiro atoms. The van der Waals surface area contributed by atoms with Gasteiger partial charge in [-0.05, 0) is 46.6 Å². The fourth-order valence-electron chi connectivity index (χ4n) is 1.52. The number of carbonyl (C=O) groups is 1. The third-order valence-corrected chi connectivity index (χ3v) is 2.56. The fraction of sp³-hybridized carbons (Fsp3) is 0.562. The second kappa shape index (κ2) is 7.82. The van der Waals surface area contributed by atoms with E-state index in [2.05, 4.69) is 18.8 Å². The molecule has 0 aromatic heterocycles. The standard InChI is InChI=1S/C16H27NO2/c1-8-11-17-14(12(4)9-2)13(10-3)15(18)19-16(5,6)7/h8,10,17H,1,9,11H2,2-7H3/b13-10-,14-12-. The van der Waals surface area contributed by atoms with Gasteiger partial charge in [-0.2, -0.15) is 0 Å². The highest BCUT2D eigenvalue weighted by atomic mass is 16.6. The van der Waals surface area contributed by atoms with Gasteiger partial charge in [0.2, 0.25) is 0 Å². The molecule has 0 amide bonds. The van der Waals surface area contributed by atoms with E-state index >= 15 is 0 Å². The summed E-state index contributed by atoms with van der Waals surface area (Å²) in [5, 5.41) is 3.23. The minimum absolute atomic E-state index is 0.297. The van der Waals surface area contributed by atoms with E-state index in [0.29, 0.717) is 12.1 Å². The van der Waals surface area contributed by atoms with Crippen molar-refractivity contribution < 1.29 is 9.53 Å². The van der Waals surface area contributed by atoms with E-state index in [-0.39, 0.29) is 5.97 Å². The van der Waals surface area contributed by atoms with Gasteiger partial charge in [-0.1, -0.05) is 19.1 Å². The second-order valence-corrected chi connectivity index (χ2v) is 5.38. The monoisotopic (exact) mass is 265 g/mol. The number of hydrogen-bond acceptors (Lipinski definition) is 3. The molecule has 3 heteroatoms. The molecule has 0 saturated heterocycles. The predicted octanol–water partition coefficient (Wildman–Crippen LogP) is 3.73. The summed E-state index contributed by atoms with van der Waals surface area (Å²) in [6.45, 7) is 15.8. The SMILES string of the molecule is C=CCNC(/C(=C/C)C(=O)OC(C)(C)C)=C(/C)CC. The molecule has 0 bridgehead atoms. The maximum atomic E-state index is 12.2. The van der Waals surface area contributed by atoms with Crippen LogP contribution >= 0.6 is 0 Å². The van der Waals surface area contributed by atoms with Crippen LogP contribution < -0.4 is 5.32 Å². The molecule has 0 unspecified atom stereocenters. The first-order chi connectivity index (χ1) is 8.76. The van der Waals surface area contributed by atoms with E-state index < -0.39 is 5.60 Å². The topological polar surface area (TPSA) is 38.3 Å². The molecule has 3 nitrogen and oxygen atoms in total. The van der Waals surface area contributed by atoms with Gasteiger partial charge in [-0.3, -0.25) is 0 Å². The molecular weight excluding hydrogens is 238 g/mol. The first-order valence-corrected chi connectivity index (χ1v) is 6.71. The van der Waals surface area contributed by atoms with Gasteiger partial charge in [0.1, 0.15) is 5.60 Å². The number of carbonyl (C=O) groups excluding carboxylic acids is 1. The van der Waals surface area contributed by atoms with E-state index in [1.54, 1.807) is 12.2 Å². The van der Waals surface area contributed by atoms with Gasteiger partial charge in [0.15, 0.2) is 0 Å². The Balaban J connectivity index is 5.28. The van der Waals surface area contributed by atoms with Crippen molar-refractivity contribution >= 4 is 5.97 Å².